The number of fused-ring (bicyclic) bond motifs is 1. The molecule has 0 aliphatic carbocycles. The van der Waals surface area contributed by atoms with Crippen LogP contribution in [0.5, 0.6) is 5.75 Å². The lowest BCUT2D eigenvalue weighted by Gasteiger charge is -2.20. The van der Waals surface area contributed by atoms with E-state index in [0.29, 0.717) is 45.8 Å². The monoisotopic (exact) mass is 503 g/mol. The van der Waals surface area contributed by atoms with Crippen molar-refractivity contribution in [1.82, 2.24) is 9.97 Å². The standard InChI is InChI=1S/C31H25N3O4/c1-2-37-28-17-9-8-16-26(28)34-30(35)29(21-11-4-3-5-12-21)38-31(36)24-19-27(22-13-10-18-32-20-22)33-25-15-7-6-14-23(24)25/h3-20,29H,2H2,1H3,(H,34,35). The molecule has 1 amide bonds. The molecule has 2 heterocycles. The van der Waals surface area contributed by atoms with E-state index in [9.17, 15) is 9.59 Å². The summed E-state index contributed by atoms with van der Waals surface area (Å²) < 4.78 is 11.6. The zero-order chi connectivity index (χ0) is 26.3. The number of nitrogens with zero attached hydrogens (tertiary/aromatic N) is 2. The van der Waals surface area contributed by atoms with E-state index in [4.69, 9.17) is 14.5 Å². The Morgan fingerprint density at radius 2 is 1.66 bits per heavy atom. The number of benzene rings is 3. The van der Waals surface area contributed by atoms with E-state index < -0.39 is 18.0 Å². The minimum absolute atomic E-state index is 0.304. The average Bonchev–Trinajstić information content (AvgIpc) is 2.97. The van der Waals surface area contributed by atoms with Gasteiger partial charge in [-0.25, -0.2) is 9.78 Å². The lowest BCUT2D eigenvalue weighted by molar-refractivity contribution is -0.125. The summed E-state index contributed by atoms with van der Waals surface area (Å²) in [6, 6.07) is 28.7. The number of nitrogens with one attached hydrogen (secondary N) is 1. The first-order valence-electron chi connectivity index (χ1n) is 12.2. The maximum absolute atomic E-state index is 13.7. The summed E-state index contributed by atoms with van der Waals surface area (Å²) in [6.45, 7) is 2.31. The zero-order valence-electron chi connectivity index (χ0n) is 20.7. The molecule has 2 aromatic heterocycles. The van der Waals surface area contributed by atoms with Crippen LogP contribution in [0.4, 0.5) is 5.69 Å². The SMILES string of the molecule is CCOc1ccccc1NC(=O)C(OC(=O)c1cc(-c2cccnc2)nc2ccccc12)c1ccccc1. The molecule has 0 spiro atoms. The summed E-state index contributed by atoms with van der Waals surface area (Å²) in [5, 5.41) is 3.49. The number of hydrogen-bond acceptors (Lipinski definition) is 6. The molecule has 0 aliphatic heterocycles. The van der Waals surface area contributed by atoms with E-state index >= 15 is 0 Å². The van der Waals surface area contributed by atoms with E-state index in [-0.39, 0.29) is 0 Å². The first kappa shape index (κ1) is 24.6. The third kappa shape index (κ3) is 5.37. The second kappa shape index (κ2) is 11.3. The molecular weight excluding hydrogens is 478 g/mol. The second-order valence-corrected chi connectivity index (χ2v) is 8.43. The van der Waals surface area contributed by atoms with Gasteiger partial charge in [-0.15, -0.1) is 0 Å². The fraction of sp³-hybridized carbons (Fsp3) is 0.0968. The third-order valence-corrected chi connectivity index (χ3v) is 5.90. The number of carbonyl (C=O) groups is 2. The van der Waals surface area contributed by atoms with E-state index in [0.717, 1.165) is 5.56 Å². The summed E-state index contributed by atoms with van der Waals surface area (Å²) in [4.78, 5) is 36.1. The van der Waals surface area contributed by atoms with Crippen LogP contribution in [0.2, 0.25) is 0 Å². The van der Waals surface area contributed by atoms with Gasteiger partial charge < -0.3 is 14.8 Å². The number of esters is 1. The van der Waals surface area contributed by atoms with Crippen LogP contribution in [0, 0.1) is 0 Å². The number of pyridine rings is 2. The number of rotatable bonds is 8. The van der Waals surface area contributed by atoms with E-state index in [1.807, 2.05) is 49.4 Å². The Kier molecular flexibility index (Phi) is 7.36. The van der Waals surface area contributed by atoms with Crippen molar-refractivity contribution in [2.75, 3.05) is 11.9 Å². The predicted molar refractivity (Wildman–Crippen MR) is 146 cm³/mol. The number of carbonyl (C=O) groups excluding carboxylic acids is 2. The predicted octanol–water partition coefficient (Wildman–Crippen LogP) is 6.23. The highest BCUT2D eigenvalue weighted by Gasteiger charge is 2.28. The number of amides is 1. The number of anilines is 1. The molecule has 0 fully saturated rings. The van der Waals surface area contributed by atoms with Gasteiger partial charge in [0, 0.05) is 28.9 Å². The van der Waals surface area contributed by atoms with Crippen molar-refractivity contribution < 1.29 is 19.1 Å². The molecule has 0 saturated heterocycles. The van der Waals surface area contributed by atoms with E-state index in [1.165, 1.54) is 0 Å². The van der Waals surface area contributed by atoms with Gasteiger partial charge >= 0.3 is 5.97 Å². The normalized spacial score (nSPS) is 11.5. The Balaban J connectivity index is 1.51. The van der Waals surface area contributed by atoms with Gasteiger partial charge in [-0.05, 0) is 43.3 Å². The third-order valence-electron chi connectivity index (χ3n) is 5.90. The topological polar surface area (TPSA) is 90.4 Å². The van der Waals surface area contributed by atoms with Gasteiger partial charge in [0.2, 0.25) is 6.10 Å². The van der Waals surface area contributed by atoms with Crippen LogP contribution in [-0.2, 0) is 9.53 Å². The van der Waals surface area contributed by atoms with Gasteiger partial charge in [0.1, 0.15) is 5.75 Å². The van der Waals surface area contributed by atoms with Gasteiger partial charge in [-0.2, -0.15) is 0 Å². The highest BCUT2D eigenvalue weighted by molar-refractivity contribution is 6.06. The lowest BCUT2D eigenvalue weighted by Crippen LogP contribution is -2.26. The Morgan fingerprint density at radius 3 is 2.45 bits per heavy atom. The average molecular weight is 504 g/mol. The summed E-state index contributed by atoms with van der Waals surface area (Å²) in [7, 11) is 0. The maximum atomic E-state index is 13.7. The van der Waals surface area contributed by atoms with Gasteiger partial charge in [0.25, 0.3) is 5.91 Å². The summed E-state index contributed by atoms with van der Waals surface area (Å²) >= 11 is 0. The Hall–Kier alpha value is -5.04. The molecule has 1 atom stereocenters. The zero-order valence-corrected chi connectivity index (χ0v) is 20.7. The van der Waals surface area contributed by atoms with Crippen molar-refractivity contribution >= 4 is 28.5 Å². The molecule has 188 valence electrons. The van der Waals surface area contributed by atoms with Gasteiger partial charge in [-0.1, -0.05) is 60.7 Å². The van der Waals surface area contributed by atoms with Crippen molar-refractivity contribution in [1.29, 1.82) is 0 Å². The maximum Gasteiger partial charge on any atom is 0.340 e. The number of ether oxygens (including phenoxy) is 2. The molecule has 0 bridgehead atoms. The molecule has 3 aromatic carbocycles. The molecule has 5 rings (SSSR count). The molecule has 5 aromatic rings. The molecule has 0 aliphatic rings. The van der Waals surface area contributed by atoms with Crippen LogP contribution < -0.4 is 10.1 Å². The van der Waals surface area contributed by atoms with Crippen LogP contribution in [0.15, 0.2) is 109 Å². The minimum atomic E-state index is -1.20. The fourth-order valence-corrected chi connectivity index (χ4v) is 4.13. The minimum Gasteiger partial charge on any atom is -0.492 e. The first-order valence-corrected chi connectivity index (χ1v) is 12.2. The molecule has 1 N–H and O–H groups in total. The van der Waals surface area contributed by atoms with E-state index in [1.54, 1.807) is 67.0 Å². The molecule has 0 radical (unpaired) electrons. The number of para-hydroxylation sites is 3. The molecule has 7 nitrogen and oxygen atoms in total. The molecular formula is C31H25N3O4. The fourth-order valence-electron chi connectivity index (χ4n) is 4.13. The van der Waals surface area contributed by atoms with Gasteiger partial charge in [0.05, 0.1) is 29.1 Å². The van der Waals surface area contributed by atoms with Crippen molar-refractivity contribution in [2.45, 2.75) is 13.0 Å². The summed E-state index contributed by atoms with van der Waals surface area (Å²) in [5.41, 5.74) is 3.31. The molecule has 38 heavy (non-hydrogen) atoms. The number of hydrogen-bond donors (Lipinski definition) is 1. The Labute approximate surface area is 220 Å². The molecule has 0 saturated carbocycles. The van der Waals surface area contributed by atoms with E-state index in [2.05, 4.69) is 10.3 Å². The Morgan fingerprint density at radius 1 is 0.895 bits per heavy atom. The highest BCUT2D eigenvalue weighted by atomic mass is 16.5. The molecule has 1 unspecified atom stereocenters. The molecule has 7 heteroatoms. The van der Waals surface area contributed by atoms with Crippen molar-refractivity contribution in [3.8, 4) is 17.0 Å². The van der Waals surface area contributed by atoms with Crippen molar-refractivity contribution in [2.24, 2.45) is 0 Å². The summed E-state index contributed by atoms with van der Waals surface area (Å²) in [5.74, 6) is -0.610. The quantitative estimate of drug-likeness (QED) is 0.252. The Bertz CT molecular complexity index is 1570. The van der Waals surface area contributed by atoms with Gasteiger partial charge in [-0.3, -0.25) is 9.78 Å². The second-order valence-electron chi connectivity index (χ2n) is 8.43. The lowest BCUT2D eigenvalue weighted by atomic mass is 10.0. The van der Waals surface area contributed by atoms with Gasteiger partial charge in [0.15, 0.2) is 0 Å². The first-order chi connectivity index (χ1) is 18.6. The largest absolute Gasteiger partial charge is 0.492 e. The van der Waals surface area contributed by atoms with Crippen LogP contribution in [0.25, 0.3) is 22.2 Å². The smallest absolute Gasteiger partial charge is 0.340 e. The van der Waals surface area contributed by atoms with Crippen molar-refractivity contribution in [3.05, 3.63) is 121 Å². The number of aromatic nitrogens is 2. The van der Waals surface area contributed by atoms with Crippen LogP contribution in [0.1, 0.15) is 28.9 Å². The highest BCUT2D eigenvalue weighted by Crippen LogP contribution is 2.29. The van der Waals surface area contributed by atoms with Crippen LogP contribution >= 0.6 is 0 Å². The summed E-state index contributed by atoms with van der Waals surface area (Å²) in [6.07, 6.45) is 2.15. The van der Waals surface area contributed by atoms with Crippen LogP contribution in [0.3, 0.4) is 0 Å². The van der Waals surface area contributed by atoms with Crippen LogP contribution in [-0.4, -0.2) is 28.5 Å². The van der Waals surface area contributed by atoms with Crippen molar-refractivity contribution in [3.63, 3.8) is 0 Å².